The Hall–Kier alpha value is -1.82. The zero-order chi connectivity index (χ0) is 13.4. The Labute approximate surface area is 118 Å². The predicted octanol–water partition coefficient (Wildman–Crippen LogP) is 2.35. The molecule has 2 heterocycles. The molecule has 1 aromatic heterocycles. The van der Waals surface area contributed by atoms with Crippen LogP contribution in [-0.2, 0) is 11.2 Å². The Bertz CT molecular complexity index is 618. The van der Waals surface area contributed by atoms with E-state index in [9.17, 15) is 4.79 Å². The number of amides is 1. The number of halogens is 1. The van der Waals surface area contributed by atoms with Gasteiger partial charge in [-0.25, -0.2) is 0 Å². The number of fused-ring (bicyclic) bond motifs is 1. The molecule has 2 aromatic rings. The molecular weight excluding hydrogens is 308 g/mol. The molecule has 5 nitrogen and oxygen atoms in total. The number of nitrogens with zero attached hydrogens (tertiary/aromatic N) is 2. The average molecular weight is 321 g/mol. The highest BCUT2D eigenvalue weighted by Gasteiger charge is 2.26. The summed E-state index contributed by atoms with van der Waals surface area (Å²) in [6.07, 6.45) is 3.28. The van der Waals surface area contributed by atoms with Crippen molar-refractivity contribution in [3.8, 4) is 0 Å². The van der Waals surface area contributed by atoms with Gasteiger partial charge in [0.25, 0.3) is 0 Å². The van der Waals surface area contributed by atoms with Crippen LogP contribution in [0.3, 0.4) is 0 Å². The molecule has 3 rings (SSSR count). The second kappa shape index (κ2) is 4.70. The number of hydrogen-bond acceptors (Lipinski definition) is 3. The van der Waals surface area contributed by atoms with Gasteiger partial charge in [-0.2, -0.15) is 5.10 Å². The van der Waals surface area contributed by atoms with E-state index in [1.807, 2.05) is 24.3 Å². The molecule has 6 heteroatoms. The number of nitrogen functional groups attached to an aromatic ring is 1. The number of hydrogen-bond donors (Lipinski definition) is 2. The van der Waals surface area contributed by atoms with Gasteiger partial charge in [0.05, 0.1) is 4.47 Å². The Morgan fingerprint density at radius 2 is 2.21 bits per heavy atom. The molecule has 98 valence electrons. The summed E-state index contributed by atoms with van der Waals surface area (Å²) in [7, 11) is 0. The van der Waals surface area contributed by atoms with Crippen LogP contribution in [0, 0.1) is 0 Å². The molecule has 0 saturated carbocycles. The van der Waals surface area contributed by atoms with Crippen LogP contribution in [0.25, 0.3) is 0 Å². The molecule has 0 fully saturated rings. The Kier molecular flexibility index (Phi) is 3.02. The maximum absolute atomic E-state index is 12.3. The quantitative estimate of drug-likeness (QED) is 0.847. The lowest BCUT2D eigenvalue weighted by Crippen LogP contribution is -2.25. The summed E-state index contributed by atoms with van der Waals surface area (Å²) in [6.45, 7) is 0. The molecule has 1 aliphatic rings. The van der Waals surface area contributed by atoms with Crippen molar-refractivity contribution >= 4 is 33.3 Å². The van der Waals surface area contributed by atoms with Gasteiger partial charge in [-0.1, -0.05) is 18.2 Å². The van der Waals surface area contributed by atoms with Crippen molar-refractivity contribution in [3.05, 3.63) is 40.5 Å². The van der Waals surface area contributed by atoms with Gasteiger partial charge in [0.1, 0.15) is 6.04 Å². The summed E-state index contributed by atoms with van der Waals surface area (Å²) in [5, 5.41) is 7.12. The van der Waals surface area contributed by atoms with E-state index in [4.69, 9.17) is 5.73 Å². The van der Waals surface area contributed by atoms with Crippen LogP contribution in [0.15, 0.2) is 34.9 Å². The van der Waals surface area contributed by atoms with Gasteiger partial charge in [0, 0.05) is 11.9 Å². The largest absolute Gasteiger partial charge is 0.381 e. The summed E-state index contributed by atoms with van der Waals surface area (Å²) in [5.41, 5.74) is 7.74. The Morgan fingerprint density at radius 1 is 1.42 bits per heavy atom. The van der Waals surface area contributed by atoms with Gasteiger partial charge >= 0.3 is 0 Å². The lowest BCUT2D eigenvalue weighted by atomic mass is 10.1. The molecule has 1 aromatic carbocycles. The number of nitrogens with two attached hydrogens (primary N) is 1. The fraction of sp³-hybridized carbons (Fsp3) is 0.231. The Balaban J connectivity index is 1.92. The van der Waals surface area contributed by atoms with Gasteiger partial charge in [0.2, 0.25) is 5.91 Å². The van der Waals surface area contributed by atoms with Crippen molar-refractivity contribution in [1.82, 2.24) is 9.78 Å². The van der Waals surface area contributed by atoms with Crippen molar-refractivity contribution in [2.45, 2.75) is 18.9 Å². The number of aryl methyl sites for hydroxylation is 1. The third kappa shape index (κ3) is 2.23. The van der Waals surface area contributed by atoms with Crippen LogP contribution in [-0.4, -0.2) is 15.7 Å². The van der Waals surface area contributed by atoms with E-state index < -0.39 is 0 Å². The first-order valence-corrected chi connectivity index (χ1v) is 6.83. The number of nitrogens with one attached hydrogen (secondary N) is 1. The van der Waals surface area contributed by atoms with E-state index >= 15 is 0 Å². The molecule has 1 amide bonds. The molecule has 1 unspecified atom stereocenters. The minimum absolute atomic E-state index is 0.0556. The topological polar surface area (TPSA) is 72.9 Å². The van der Waals surface area contributed by atoms with E-state index in [0.29, 0.717) is 16.7 Å². The van der Waals surface area contributed by atoms with Crippen LogP contribution in [0.5, 0.6) is 0 Å². The number of carbonyl (C=O) groups is 1. The molecule has 0 radical (unpaired) electrons. The lowest BCUT2D eigenvalue weighted by molar-refractivity contribution is -0.119. The number of aromatic nitrogens is 2. The minimum atomic E-state index is -0.332. The monoisotopic (exact) mass is 320 g/mol. The SMILES string of the molecule is Nc1nn(C2CCc3ccccc3NC2=O)cc1Br. The fourth-order valence-corrected chi connectivity index (χ4v) is 2.58. The zero-order valence-corrected chi connectivity index (χ0v) is 11.7. The highest BCUT2D eigenvalue weighted by molar-refractivity contribution is 9.10. The van der Waals surface area contributed by atoms with E-state index in [2.05, 4.69) is 26.3 Å². The van der Waals surface area contributed by atoms with Crippen LogP contribution >= 0.6 is 15.9 Å². The second-order valence-corrected chi connectivity index (χ2v) is 5.40. The minimum Gasteiger partial charge on any atom is -0.381 e. The summed E-state index contributed by atoms with van der Waals surface area (Å²) in [5.74, 6) is 0.342. The number of rotatable bonds is 1. The van der Waals surface area contributed by atoms with Crippen molar-refractivity contribution in [3.63, 3.8) is 0 Å². The van der Waals surface area contributed by atoms with Gasteiger partial charge < -0.3 is 11.1 Å². The third-order valence-corrected chi connectivity index (χ3v) is 3.91. The first-order valence-electron chi connectivity index (χ1n) is 6.04. The number of carbonyl (C=O) groups excluding carboxylic acids is 1. The smallest absolute Gasteiger partial charge is 0.249 e. The van der Waals surface area contributed by atoms with Gasteiger partial charge in [-0.15, -0.1) is 0 Å². The molecule has 0 aliphatic carbocycles. The van der Waals surface area contributed by atoms with Gasteiger partial charge in [-0.3, -0.25) is 9.48 Å². The number of anilines is 2. The molecule has 3 N–H and O–H groups in total. The van der Waals surface area contributed by atoms with Crippen molar-refractivity contribution in [2.75, 3.05) is 11.1 Å². The van der Waals surface area contributed by atoms with Crippen LogP contribution in [0.2, 0.25) is 0 Å². The molecule has 0 saturated heterocycles. The third-order valence-electron chi connectivity index (χ3n) is 3.30. The first kappa shape index (κ1) is 12.2. The zero-order valence-electron chi connectivity index (χ0n) is 10.1. The fourth-order valence-electron chi connectivity index (χ4n) is 2.29. The van der Waals surface area contributed by atoms with Crippen LogP contribution in [0.1, 0.15) is 18.0 Å². The molecule has 0 bridgehead atoms. The molecule has 1 atom stereocenters. The Morgan fingerprint density at radius 3 is 2.95 bits per heavy atom. The standard InChI is InChI=1S/C13H13BrN4O/c14-9-7-18(17-12(9)15)11-6-5-8-3-1-2-4-10(8)16-13(11)19/h1-4,7,11H,5-6H2,(H2,15,17)(H,16,19). The lowest BCUT2D eigenvalue weighted by Gasteiger charge is -2.13. The predicted molar refractivity (Wildman–Crippen MR) is 76.8 cm³/mol. The summed E-state index contributed by atoms with van der Waals surface area (Å²) >= 11 is 3.31. The summed E-state index contributed by atoms with van der Waals surface area (Å²) in [6, 6.07) is 7.52. The molecular formula is C13H13BrN4O. The molecule has 1 aliphatic heterocycles. The van der Waals surface area contributed by atoms with Gasteiger partial charge in [-0.05, 0) is 40.4 Å². The maximum atomic E-state index is 12.3. The van der Waals surface area contributed by atoms with Crippen LogP contribution < -0.4 is 11.1 Å². The maximum Gasteiger partial charge on any atom is 0.249 e. The molecule has 0 spiro atoms. The molecule has 19 heavy (non-hydrogen) atoms. The highest BCUT2D eigenvalue weighted by Crippen LogP contribution is 2.28. The van der Waals surface area contributed by atoms with Gasteiger partial charge in [0.15, 0.2) is 5.82 Å². The summed E-state index contributed by atoms with van der Waals surface area (Å²) < 4.78 is 2.34. The van der Waals surface area contributed by atoms with Crippen molar-refractivity contribution in [2.24, 2.45) is 0 Å². The summed E-state index contributed by atoms with van der Waals surface area (Å²) in [4.78, 5) is 12.3. The van der Waals surface area contributed by atoms with Crippen LogP contribution in [0.4, 0.5) is 11.5 Å². The van der Waals surface area contributed by atoms with E-state index in [1.54, 1.807) is 10.9 Å². The number of benzene rings is 1. The van der Waals surface area contributed by atoms with E-state index in [-0.39, 0.29) is 11.9 Å². The van der Waals surface area contributed by atoms with E-state index in [0.717, 1.165) is 17.7 Å². The van der Waals surface area contributed by atoms with Crippen molar-refractivity contribution < 1.29 is 4.79 Å². The highest BCUT2D eigenvalue weighted by atomic mass is 79.9. The first-order chi connectivity index (χ1) is 9.15. The number of para-hydroxylation sites is 1. The van der Waals surface area contributed by atoms with E-state index in [1.165, 1.54) is 0 Å². The van der Waals surface area contributed by atoms with Crippen molar-refractivity contribution in [1.29, 1.82) is 0 Å². The average Bonchev–Trinajstić information content (AvgIpc) is 2.62. The second-order valence-electron chi connectivity index (χ2n) is 4.54. The normalized spacial score (nSPS) is 18.6.